The number of hydrogen-bond acceptors (Lipinski definition) is 3. The number of anilines is 1. The van der Waals surface area contributed by atoms with Gasteiger partial charge in [-0.25, -0.2) is 4.39 Å². The lowest BCUT2D eigenvalue weighted by Crippen LogP contribution is -2.18. The van der Waals surface area contributed by atoms with Crippen molar-refractivity contribution in [3.8, 4) is 12.3 Å². The van der Waals surface area contributed by atoms with Crippen molar-refractivity contribution in [2.45, 2.75) is 0 Å². The molecule has 0 heterocycles. The largest absolute Gasteiger partial charge is 0.361 e. The second-order valence-corrected chi connectivity index (χ2v) is 2.95. The van der Waals surface area contributed by atoms with Crippen LogP contribution in [0.15, 0.2) is 18.2 Å². The van der Waals surface area contributed by atoms with Crippen molar-refractivity contribution in [1.29, 1.82) is 0 Å². The zero-order valence-electron chi connectivity index (χ0n) is 8.11. The summed E-state index contributed by atoms with van der Waals surface area (Å²) in [4.78, 5) is 11.2. The Morgan fingerprint density at radius 3 is 2.80 bits per heavy atom. The molecule has 0 aliphatic rings. The first-order chi connectivity index (χ1) is 7.06. The second kappa shape index (κ2) is 4.42. The van der Waals surface area contributed by atoms with Gasteiger partial charge in [-0.1, -0.05) is 5.92 Å². The van der Waals surface area contributed by atoms with E-state index in [1.807, 2.05) is 0 Å². The summed E-state index contributed by atoms with van der Waals surface area (Å²) in [7, 11) is 1.62. The lowest BCUT2D eigenvalue weighted by atomic mass is 10.2. The maximum absolute atomic E-state index is 13.4. The van der Waals surface area contributed by atoms with Gasteiger partial charge in [0.1, 0.15) is 0 Å². The molecule has 0 fully saturated rings. The zero-order chi connectivity index (χ0) is 11.4. The number of nitrogens with zero attached hydrogens (tertiary/aromatic N) is 2. The van der Waals surface area contributed by atoms with E-state index < -0.39 is 10.7 Å². The molecule has 0 saturated carbocycles. The molecular weight excluding hydrogens is 199 g/mol. The second-order valence-electron chi connectivity index (χ2n) is 2.95. The van der Waals surface area contributed by atoms with E-state index in [-0.39, 0.29) is 17.9 Å². The number of rotatable bonds is 3. The Morgan fingerprint density at radius 1 is 1.67 bits per heavy atom. The highest BCUT2D eigenvalue weighted by Crippen LogP contribution is 2.22. The quantitative estimate of drug-likeness (QED) is 0.432. The highest BCUT2D eigenvalue weighted by molar-refractivity contribution is 5.52. The van der Waals surface area contributed by atoms with E-state index in [0.717, 1.165) is 6.07 Å². The molecule has 0 N–H and O–H groups in total. The predicted molar refractivity (Wildman–Crippen MR) is 55.2 cm³/mol. The van der Waals surface area contributed by atoms with Crippen LogP contribution in [0.5, 0.6) is 0 Å². The topological polar surface area (TPSA) is 46.4 Å². The van der Waals surface area contributed by atoms with Crippen molar-refractivity contribution >= 4 is 11.4 Å². The monoisotopic (exact) mass is 208 g/mol. The lowest BCUT2D eigenvalue weighted by Gasteiger charge is -2.16. The summed E-state index contributed by atoms with van der Waals surface area (Å²) in [6, 6.07) is 3.46. The third-order valence-corrected chi connectivity index (χ3v) is 1.88. The van der Waals surface area contributed by atoms with Crippen LogP contribution in [0.3, 0.4) is 0 Å². The van der Waals surface area contributed by atoms with Crippen LogP contribution in [-0.4, -0.2) is 18.5 Å². The highest BCUT2D eigenvalue weighted by atomic mass is 19.1. The zero-order valence-corrected chi connectivity index (χ0v) is 8.11. The van der Waals surface area contributed by atoms with Gasteiger partial charge in [-0.15, -0.1) is 6.42 Å². The van der Waals surface area contributed by atoms with E-state index in [2.05, 4.69) is 5.92 Å². The van der Waals surface area contributed by atoms with Gasteiger partial charge in [-0.3, -0.25) is 10.1 Å². The molecule has 0 unspecified atom stereocenters. The van der Waals surface area contributed by atoms with E-state index in [9.17, 15) is 14.5 Å². The summed E-state index contributed by atoms with van der Waals surface area (Å²) in [5, 5.41) is 10.4. The van der Waals surface area contributed by atoms with Crippen molar-refractivity contribution in [3.63, 3.8) is 0 Å². The van der Waals surface area contributed by atoms with E-state index in [1.165, 1.54) is 17.0 Å². The Hall–Kier alpha value is -2.09. The van der Waals surface area contributed by atoms with Crippen LogP contribution in [-0.2, 0) is 0 Å². The molecule has 0 amide bonds. The Morgan fingerprint density at radius 2 is 2.33 bits per heavy atom. The highest BCUT2D eigenvalue weighted by Gasteiger charge is 2.12. The average Bonchev–Trinajstić information content (AvgIpc) is 2.17. The fourth-order valence-electron chi connectivity index (χ4n) is 1.14. The molecule has 0 aliphatic carbocycles. The standard InChI is InChI=1S/C10H9FN2O2/c1-3-6-12(2)10-5-4-8(13(14)15)7-9(10)11/h1,4-5,7H,6H2,2H3. The van der Waals surface area contributed by atoms with Gasteiger partial charge in [-0.2, -0.15) is 0 Å². The fraction of sp³-hybridized carbons (Fsp3) is 0.200. The fourth-order valence-corrected chi connectivity index (χ4v) is 1.14. The molecule has 0 radical (unpaired) electrons. The van der Waals surface area contributed by atoms with Crippen molar-refractivity contribution in [3.05, 3.63) is 34.1 Å². The minimum absolute atomic E-state index is 0.245. The van der Waals surface area contributed by atoms with Crippen molar-refractivity contribution in [2.75, 3.05) is 18.5 Å². The van der Waals surface area contributed by atoms with Crippen molar-refractivity contribution in [1.82, 2.24) is 0 Å². The Kier molecular flexibility index (Phi) is 3.24. The minimum Gasteiger partial charge on any atom is -0.361 e. The van der Waals surface area contributed by atoms with Crippen LogP contribution in [0.25, 0.3) is 0 Å². The number of halogens is 1. The van der Waals surface area contributed by atoms with E-state index in [1.54, 1.807) is 7.05 Å². The normalized spacial score (nSPS) is 9.40. The van der Waals surface area contributed by atoms with Gasteiger partial charge in [0.05, 0.1) is 23.2 Å². The molecule has 78 valence electrons. The van der Waals surface area contributed by atoms with Crippen LogP contribution in [0.4, 0.5) is 15.8 Å². The lowest BCUT2D eigenvalue weighted by molar-refractivity contribution is -0.385. The molecular formula is C10H9FN2O2. The van der Waals surface area contributed by atoms with Gasteiger partial charge in [-0.05, 0) is 6.07 Å². The van der Waals surface area contributed by atoms with E-state index >= 15 is 0 Å². The van der Waals surface area contributed by atoms with E-state index in [0.29, 0.717) is 0 Å². The minimum atomic E-state index is -0.651. The van der Waals surface area contributed by atoms with Crippen LogP contribution in [0, 0.1) is 28.3 Å². The molecule has 0 spiro atoms. The third-order valence-electron chi connectivity index (χ3n) is 1.88. The summed E-state index contributed by atoms with van der Waals surface area (Å²) in [6.07, 6.45) is 5.07. The number of nitro benzene ring substituents is 1. The van der Waals surface area contributed by atoms with Gasteiger partial charge in [0.15, 0.2) is 5.82 Å². The van der Waals surface area contributed by atoms with Crippen LogP contribution in [0.2, 0.25) is 0 Å². The molecule has 15 heavy (non-hydrogen) atoms. The van der Waals surface area contributed by atoms with Crippen LogP contribution < -0.4 is 4.90 Å². The summed E-state index contributed by atoms with van der Waals surface area (Å²) in [5.74, 6) is 1.70. The van der Waals surface area contributed by atoms with Crippen LogP contribution >= 0.6 is 0 Å². The van der Waals surface area contributed by atoms with E-state index in [4.69, 9.17) is 6.42 Å². The first-order valence-electron chi connectivity index (χ1n) is 4.15. The molecule has 0 atom stereocenters. The first-order valence-corrected chi connectivity index (χ1v) is 4.15. The van der Waals surface area contributed by atoms with Gasteiger partial charge in [0, 0.05) is 13.1 Å². The molecule has 0 saturated heterocycles. The summed E-state index contributed by atoms with van der Waals surface area (Å²) in [6.45, 7) is 0.245. The maximum Gasteiger partial charge on any atom is 0.272 e. The molecule has 1 rings (SSSR count). The molecule has 0 aromatic heterocycles. The smallest absolute Gasteiger partial charge is 0.272 e. The molecule has 4 nitrogen and oxygen atoms in total. The Labute approximate surface area is 86.5 Å². The summed E-state index contributed by atoms with van der Waals surface area (Å²) < 4.78 is 13.4. The number of terminal acetylenes is 1. The number of hydrogen-bond donors (Lipinski definition) is 0. The van der Waals surface area contributed by atoms with Gasteiger partial charge < -0.3 is 4.90 Å². The SMILES string of the molecule is C#CCN(C)c1ccc([N+](=O)[O-])cc1F. The summed E-state index contributed by atoms with van der Waals surface area (Å²) in [5.41, 5.74) is -0.0242. The molecule has 0 aliphatic heterocycles. The Bertz CT molecular complexity index is 426. The molecule has 0 bridgehead atoms. The maximum atomic E-state index is 13.4. The summed E-state index contributed by atoms with van der Waals surface area (Å²) >= 11 is 0. The van der Waals surface area contributed by atoms with Gasteiger partial charge >= 0.3 is 0 Å². The Balaban J connectivity index is 3.03. The van der Waals surface area contributed by atoms with Crippen LogP contribution in [0.1, 0.15) is 0 Å². The van der Waals surface area contributed by atoms with Crippen molar-refractivity contribution in [2.24, 2.45) is 0 Å². The number of non-ortho nitro benzene ring substituents is 1. The van der Waals surface area contributed by atoms with Gasteiger partial charge in [0.2, 0.25) is 0 Å². The molecule has 5 heteroatoms. The van der Waals surface area contributed by atoms with Crippen molar-refractivity contribution < 1.29 is 9.31 Å². The number of nitro groups is 1. The number of benzene rings is 1. The third kappa shape index (κ3) is 2.44. The average molecular weight is 208 g/mol. The molecule has 1 aromatic rings. The first kappa shape index (κ1) is 11.0. The predicted octanol–water partition coefficient (Wildman–Crippen LogP) is 1.80. The van der Waals surface area contributed by atoms with Gasteiger partial charge in [0.25, 0.3) is 5.69 Å². The molecule has 1 aromatic carbocycles.